The molecule has 0 unspecified atom stereocenters. The topological polar surface area (TPSA) is 73.9 Å². The van der Waals surface area contributed by atoms with Crippen LogP contribution in [0.1, 0.15) is 20.8 Å². The van der Waals surface area contributed by atoms with Crippen LogP contribution in [0.4, 0.5) is 10.1 Å². The Morgan fingerprint density at radius 3 is 2.15 bits per heavy atom. The second-order valence-electron chi connectivity index (χ2n) is 5.74. The minimum Gasteiger partial charge on any atom is -0.494 e. The van der Waals surface area contributed by atoms with E-state index in [9.17, 15) is 14.0 Å². The molecule has 0 spiro atoms. The Kier molecular flexibility index (Phi) is 7.16. The summed E-state index contributed by atoms with van der Waals surface area (Å²) < 4.78 is 28.7. The molecule has 2 atom stereocenters. The van der Waals surface area contributed by atoms with Gasteiger partial charge < -0.3 is 19.5 Å². The monoisotopic (exact) mass is 375 g/mol. The van der Waals surface area contributed by atoms with E-state index < -0.39 is 29.9 Å². The standard InChI is InChI=1S/C20H22FNO5/c1-4-25-17-11-7-16(8-12-17)22-19(23)13(2)27-20(24)14(3)26-18-9-5-15(21)6-10-18/h5-14H,4H2,1-3H3,(H,22,23)/t13-,14+/m1/s1. The van der Waals surface area contributed by atoms with Crippen LogP contribution in [0.25, 0.3) is 0 Å². The fraction of sp³-hybridized carbons (Fsp3) is 0.300. The van der Waals surface area contributed by atoms with E-state index in [2.05, 4.69) is 5.32 Å². The molecule has 0 heterocycles. The molecule has 27 heavy (non-hydrogen) atoms. The van der Waals surface area contributed by atoms with E-state index >= 15 is 0 Å². The number of esters is 1. The fourth-order valence-electron chi connectivity index (χ4n) is 2.13. The molecule has 0 aliphatic rings. The van der Waals surface area contributed by atoms with E-state index in [1.807, 2.05) is 6.92 Å². The van der Waals surface area contributed by atoms with Gasteiger partial charge in [-0.05, 0) is 69.3 Å². The minimum atomic E-state index is -1.01. The molecule has 0 fully saturated rings. The van der Waals surface area contributed by atoms with Gasteiger partial charge in [0.2, 0.25) is 0 Å². The molecule has 2 aromatic rings. The third kappa shape index (κ3) is 6.29. The highest BCUT2D eigenvalue weighted by Crippen LogP contribution is 2.17. The van der Waals surface area contributed by atoms with Crippen molar-refractivity contribution in [2.75, 3.05) is 11.9 Å². The average Bonchev–Trinajstić information content (AvgIpc) is 2.65. The highest BCUT2D eigenvalue weighted by Gasteiger charge is 2.23. The summed E-state index contributed by atoms with van der Waals surface area (Å²) in [5.74, 6) is -0.554. The Morgan fingerprint density at radius 2 is 1.56 bits per heavy atom. The van der Waals surface area contributed by atoms with E-state index in [0.29, 0.717) is 23.8 Å². The number of hydrogen-bond donors (Lipinski definition) is 1. The van der Waals surface area contributed by atoms with Gasteiger partial charge in [0.1, 0.15) is 17.3 Å². The van der Waals surface area contributed by atoms with Crippen molar-refractivity contribution in [3.05, 3.63) is 54.3 Å². The van der Waals surface area contributed by atoms with Gasteiger partial charge in [0.05, 0.1) is 6.61 Å². The first-order valence-corrected chi connectivity index (χ1v) is 8.55. The first-order chi connectivity index (χ1) is 12.9. The van der Waals surface area contributed by atoms with Gasteiger partial charge in [0.15, 0.2) is 12.2 Å². The molecule has 0 aliphatic carbocycles. The van der Waals surface area contributed by atoms with Crippen LogP contribution in [0.3, 0.4) is 0 Å². The second-order valence-corrected chi connectivity index (χ2v) is 5.74. The van der Waals surface area contributed by atoms with E-state index in [0.717, 1.165) is 0 Å². The van der Waals surface area contributed by atoms with Crippen LogP contribution in [0.2, 0.25) is 0 Å². The number of anilines is 1. The molecule has 2 aromatic carbocycles. The highest BCUT2D eigenvalue weighted by molar-refractivity contribution is 5.95. The lowest BCUT2D eigenvalue weighted by molar-refractivity contribution is -0.159. The third-order valence-corrected chi connectivity index (χ3v) is 3.55. The zero-order valence-corrected chi connectivity index (χ0v) is 15.4. The maximum absolute atomic E-state index is 12.9. The Balaban J connectivity index is 1.85. The summed E-state index contributed by atoms with van der Waals surface area (Å²) >= 11 is 0. The number of nitrogens with one attached hydrogen (secondary N) is 1. The summed E-state index contributed by atoms with van der Waals surface area (Å²) in [6.45, 7) is 5.39. The molecule has 0 radical (unpaired) electrons. The van der Waals surface area contributed by atoms with E-state index in [1.54, 1.807) is 24.3 Å². The van der Waals surface area contributed by atoms with E-state index in [4.69, 9.17) is 14.2 Å². The molecule has 1 N–H and O–H groups in total. The fourth-order valence-corrected chi connectivity index (χ4v) is 2.13. The van der Waals surface area contributed by atoms with Gasteiger partial charge in [-0.2, -0.15) is 0 Å². The molecule has 144 valence electrons. The maximum atomic E-state index is 12.9. The van der Waals surface area contributed by atoms with Gasteiger partial charge in [-0.1, -0.05) is 0 Å². The lowest BCUT2D eigenvalue weighted by atomic mass is 10.2. The number of hydrogen-bond acceptors (Lipinski definition) is 5. The van der Waals surface area contributed by atoms with Crippen molar-refractivity contribution in [2.45, 2.75) is 33.0 Å². The summed E-state index contributed by atoms with van der Waals surface area (Å²) in [7, 11) is 0. The predicted molar refractivity (Wildman–Crippen MR) is 98.3 cm³/mol. The van der Waals surface area contributed by atoms with E-state index in [1.165, 1.54) is 38.1 Å². The van der Waals surface area contributed by atoms with Crippen molar-refractivity contribution < 1.29 is 28.2 Å². The van der Waals surface area contributed by atoms with Crippen molar-refractivity contribution in [1.29, 1.82) is 0 Å². The average molecular weight is 375 g/mol. The van der Waals surface area contributed by atoms with Crippen molar-refractivity contribution in [3.8, 4) is 11.5 Å². The summed E-state index contributed by atoms with van der Waals surface area (Å²) in [4.78, 5) is 24.3. The molecule has 0 saturated heterocycles. The summed E-state index contributed by atoms with van der Waals surface area (Å²) in [5.41, 5.74) is 0.557. The molecule has 0 saturated carbocycles. The molecular formula is C20H22FNO5. The third-order valence-electron chi connectivity index (χ3n) is 3.55. The molecule has 2 rings (SSSR count). The lowest BCUT2D eigenvalue weighted by Gasteiger charge is -2.18. The van der Waals surface area contributed by atoms with Crippen LogP contribution in [0, 0.1) is 5.82 Å². The minimum absolute atomic E-state index is 0.326. The smallest absolute Gasteiger partial charge is 0.347 e. The second kappa shape index (κ2) is 9.56. The Labute approximate surface area is 157 Å². The number of rotatable bonds is 8. The zero-order valence-electron chi connectivity index (χ0n) is 15.4. The van der Waals surface area contributed by atoms with Crippen molar-refractivity contribution in [2.24, 2.45) is 0 Å². The van der Waals surface area contributed by atoms with Crippen LogP contribution >= 0.6 is 0 Å². The lowest BCUT2D eigenvalue weighted by Crippen LogP contribution is -2.35. The van der Waals surface area contributed by atoms with Crippen LogP contribution in [-0.4, -0.2) is 30.7 Å². The van der Waals surface area contributed by atoms with Crippen molar-refractivity contribution in [3.63, 3.8) is 0 Å². The van der Waals surface area contributed by atoms with Crippen molar-refractivity contribution >= 4 is 17.6 Å². The molecule has 0 aliphatic heterocycles. The van der Waals surface area contributed by atoms with Gasteiger partial charge in [-0.15, -0.1) is 0 Å². The van der Waals surface area contributed by atoms with Crippen LogP contribution < -0.4 is 14.8 Å². The van der Waals surface area contributed by atoms with Crippen LogP contribution in [0.5, 0.6) is 11.5 Å². The molecule has 0 bridgehead atoms. The molecule has 1 amide bonds. The van der Waals surface area contributed by atoms with Gasteiger partial charge in [0.25, 0.3) is 5.91 Å². The number of ether oxygens (including phenoxy) is 3. The highest BCUT2D eigenvalue weighted by atomic mass is 19.1. The quantitative estimate of drug-likeness (QED) is 0.714. The van der Waals surface area contributed by atoms with Crippen molar-refractivity contribution in [1.82, 2.24) is 0 Å². The number of carbonyl (C=O) groups excluding carboxylic acids is 2. The molecular weight excluding hydrogens is 353 g/mol. The van der Waals surface area contributed by atoms with E-state index in [-0.39, 0.29) is 0 Å². The molecule has 6 nitrogen and oxygen atoms in total. The summed E-state index contributed by atoms with van der Waals surface area (Å²) in [6.07, 6.45) is -1.96. The zero-order chi connectivity index (χ0) is 19.8. The number of carbonyl (C=O) groups is 2. The Morgan fingerprint density at radius 1 is 0.963 bits per heavy atom. The predicted octanol–water partition coefficient (Wildman–Crippen LogP) is 3.56. The van der Waals surface area contributed by atoms with Crippen LogP contribution in [0.15, 0.2) is 48.5 Å². The first kappa shape index (κ1) is 20.2. The summed E-state index contributed by atoms with van der Waals surface area (Å²) in [5, 5.41) is 2.66. The van der Waals surface area contributed by atoms with Gasteiger partial charge in [-0.3, -0.25) is 4.79 Å². The SMILES string of the molecule is CCOc1ccc(NC(=O)[C@@H](C)OC(=O)[C@H](C)Oc2ccc(F)cc2)cc1. The summed E-state index contributed by atoms with van der Waals surface area (Å²) in [6, 6.07) is 12.1. The normalized spacial score (nSPS) is 12.6. The van der Waals surface area contributed by atoms with Gasteiger partial charge in [-0.25, -0.2) is 9.18 Å². The maximum Gasteiger partial charge on any atom is 0.347 e. The number of amides is 1. The van der Waals surface area contributed by atoms with Gasteiger partial charge >= 0.3 is 5.97 Å². The molecule has 0 aromatic heterocycles. The Bertz CT molecular complexity index is 761. The Hall–Kier alpha value is -3.09. The largest absolute Gasteiger partial charge is 0.494 e. The van der Waals surface area contributed by atoms with Crippen LogP contribution in [-0.2, 0) is 14.3 Å². The number of benzene rings is 2. The molecule has 7 heteroatoms. The first-order valence-electron chi connectivity index (χ1n) is 8.55. The number of halogens is 1. The van der Waals surface area contributed by atoms with Gasteiger partial charge in [0, 0.05) is 5.69 Å².